The molecule has 0 saturated carbocycles. The minimum atomic E-state index is -3.89. The molecular weight excluding hydrogens is 470 g/mol. The highest BCUT2D eigenvalue weighted by Gasteiger charge is 2.24. The van der Waals surface area contributed by atoms with E-state index in [1.165, 1.54) is 19.3 Å². The average molecular weight is 498 g/mol. The number of likely N-dealkylation sites (N-methyl/N-ethyl adjacent to an activating group) is 1. The van der Waals surface area contributed by atoms with Crippen molar-refractivity contribution in [2.24, 2.45) is 0 Å². The summed E-state index contributed by atoms with van der Waals surface area (Å²) in [6.45, 7) is 1.39. The van der Waals surface area contributed by atoms with Crippen molar-refractivity contribution in [1.82, 2.24) is 14.6 Å². The molecule has 0 aliphatic carbocycles. The van der Waals surface area contributed by atoms with Gasteiger partial charge in [0.15, 0.2) is 5.43 Å². The fourth-order valence-corrected chi connectivity index (χ4v) is 4.78. The van der Waals surface area contributed by atoms with Gasteiger partial charge in [-0.05, 0) is 29.7 Å². The van der Waals surface area contributed by atoms with Gasteiger partial charge >= 0.3 is 10.2 Å². The maximum absolute atomic E-state index is 13.5. The van der Waals surface area contributed by atoms with E-state index >= 15 is 0 Å². The van der Waals surface area contributed by atoms with Crippen molar-refractivity contribution in [2.45, 2.75) is 6.10 Å². The Labute approximate surface area is 203 Å². The van der Waals surface area contributed by atoms with Crippen LogP contribution in [0.5, 0.6) is 0 Å². The lowest BCUT2D eigenvalue weighted by atomic mass is 10.1. The molecule has 1 aromatic heterocycles. The predicted molar refractivity (Wildman–Crippen MR) is 137 cm³/mol. The molecule has 1 fully saturated rings. The Hall–Kier alpha value is -3.38. The molecule has 10 nitrogen and oxygen atoms in total. The number of aromatic nitrogens is 1. The largest absolute Gasteiger partial charge is 0.393 e. The van der Waals surface area contributed by atoms with Crippen molar-refractivity contribution >= 4 is 49.4 Å². The first-order valence-corrected chi connectivity index (χ1v) is 12.4. The van der Waals surface area contributed by atoms with Gasteiger partial charge in [-0.15, -0.1) is 0 Å². The zero-order valence-electron chi connectivity index (χ0n) is 19.4. The lowest BCUT2D eigenvalue weighted by molar-refractivity contribution is -0.0908. The van der Waals surface area contributed by atoms with Crippen LogP contribution in [0.25, 0.3) is 27.2 Å². The van der Waals surface area contributed by atoms with Crippen LogP contribution in [-0.4, -0.2) is 70.5 Å². The van der Waals surface area contributed by atoms with Crippen LogP contribution >= 0.6 is 0 Å². The monoisotopic (exact) mass is 497 g/mol. The molecule has 2 heterocycles. The number of benzene rings is 1. The maximum Gasteiger partial charge on any atom is 0.301 e. The standard InChI is InChI=1S/C24H27N5O5S/c1-26-12-18(11-25)17-9-22-23(27-13-17)6-4-16-3-5-19(10-21(16)24(22)30)28-35(31,32)29(2)14-20-15-33-7-8-34-20/h3-6,9-13,20,25-26,28H,7-8,14-15H2,1-2H3/b18-12+,25-11?/t20-/m0/s1. The normalized spacial score (nSPS) is 17.0. The van der Waals surface area contributed by atoms with Crippen molar-refractivity contribution in [3.8, 4) is 0 Å². The van der Waals surface area contributed by atoms with Crippen LogP contribution in [0.1, 0.15) is 5.56 Å². The van der Waals surface area contributed by atoms with Crippen molar-refractivity contribution in [1.29, 1.82) is 5.41 Å². The van der Waals surface area contributed by atoms with Crippen LogP contribution < -0.4 is 15.5 Å². The van der Waals surface area contributed by atoms with Gasteiger partial charge in [-0.1, -0.05) is 12.1 Å². The predicted octanol–water partition coefficient (Wildman–Crippen LogP) is 1.96. The van der Waals surface area contributed by atoms with Crippen LogP contribution in [0.4, 0.5) is 5.69 Å². The third kappa shape index (κ3) is 5.49. The quantitative estimate of drug-likeness (QED) is 0.405. The van der Waals surface area contributed by atoms with Gasteiger partial charge in [0, 0.05) is 61.2 Å². The molecule has 1 aliphatic rings. The van der Waals surface area contributed by atoms with Crippen LogP contribution in [-0.2, 0) is 19.7 Å². The van der Waals surface area contributed by atoms with E-state index in [-0.39, 0.29) is 23.8 Å². The van der Waals surface area contributed by atoms with E-state index in [2.05, 4.69) is 15.0 Å². The smallest absolute Gasteiger partial charge is 0.301 e. The Kier molecular flexibility index (Phi) is 7.41. The fourth-order valence-electron chi connectivity index (χ4n) is 3.84. The summed E-state index contributed by atoms with van der Waals surface area (Å²) in [6.07, 6.45) is 4.09. The summed E-state index contributed by atoms with van der Waals surface area (Å²) in [4.78, 5) is 17.9. The Bertz CT molecular complexity index is 1450. The van der Waals surface area contributed by atoms with Gasteiger partial charge in [-0.3, -0.25) is 14.5 Å². The average Bonchev–Trinajstić information content (AvgIpc) is 2.99. The molecule has 3 N–H and O–H groups in total. The molecule has 1 aliphatic heterocycles. The number of nitrogens with one attached hydrogen (secondary N) is 3. The van der Waals surface area contributed by atoms with Crippen LogP contribution in [0, 0.1) is 5.41 Å². The molecule has 3 aromatic rings. The second-order valence-electron chi connectivity index (χ2n) is 8.11. The van der Waals surface area contributed by atoms with Gasteiger partial charge in [0.1, 0.15) is 0 Å². The molecule has 35 heavy (non-hydrogen) atoms. The van der Waals surface area contributed by atoms with Gasteiger partial charge in [0.2, 0.25) is 0 Å². The van der Waals surface area contributed by atoms with E-state index in [1.54, 1.807) is 49.8 Å². The topological polar surface area (TPSA) is 134 Å². The summed E-state index contributed by atoms with van der Waals surface area (Å²) in [5.74, 6) is 0. The van der Waals surface area contributed by atoms with Gasteiger partial charge in [-0.2, -0.15) is 12.7 Å². The third-order valence-electron chi connectivity index (χ3n) is 5.67. The zero-order valence-corrected chi connectivity index (χ0v) is 20.3. The molecule has 11 heteroatoms. The maximum atomic E-state index is 13.5. The molecule has 0 unspecified atom stereocenters. The van der Waals surface area contributed by atoms with Crippen LogP contribution in [0.3, 0.4) is 0 Å². The van der Waals surface area contributed by atoms with E-state index in [1.807, 2.05) is 0 Å². The second-order valence-corrected chi connectivity index (χ2v) is 9.89. The van der Waals surface area contributed by atoms with Crippen LogP contribution in [0.2, 0.25) is 0 Å². The number of fused-ring (bicyclic) bond motifs is 2. The first kappa shape index (κ1) is 24.7. The molecule has 0 amide bonds. The lowest BCUT2D eigenvalue weighted by Crippen LogP contribution is -2.42. The zero-order chi connectivity index (χ0) is 25.0. The summed E-state index contributed by atoms with van der Waals surface area (Å²) in [6, 6.07) is 10.0. The van der Waals surface area contributed by atoms with Gasteiger partial charge in [-0.25, -0.2) is 0 Å². The first-order chi connectivity index (χ1) is 16.8. The van der Waals surface area contributed by atoms with Crippen molar-refractivity contribution in [3.63, 3.8) is 0 Å². The number of hydrogen-bond donors (Lipinski definition) is 3. The van der Waals surface area contributed by atoms with Crippen molar-refractivity contribution in [3.05, 3.63) is 64.6 Å². The van der Waals surface area contributed by atoms with E-state index in [9.17, 15) is 13.2 Å². The highest BCUT2D eigenvalue weighted by Crippen LogP contribution is 2.22. The SMILES string of the molecule is CN/C=C(\C=N)c1cnc2ccc3ccc(NS(=O)(=O)N(C)C[C@H]4COCCO4)cc3c(=O)c2c1. The highest BCUT2D eigenvalue weighted by molar-refractivity contribution is 7.90. The van der Waals surface area contributed by atoms with Crippen LogP contribution in [0.15, 0.2) is 53.6 Å². The summed E-state index contributed by atoms with van der Waals surface area (Å²) >= 11 is 0. The molecule has 4 rings (SSSR count). The van der Waals surface area contributed by atoms with Crippen molar-refractivity contribution in [2.75, 3.05) is 45.2 Å². The molecule has 0 radical (unpaired) electrons. The van der Waals surface area contributed by atoms with Gasteiger partial charge in [0.25, 0.3) is 0 Å². The minimum Gasteiger partial charge on any atom is -0.393 e. The molecule has 1 saturated heterocycles. The highest BCUT2D eigenvalue weighted by atomic mass is 32.2. The number of allylic oxidation sites excluding steroid dienone is 1. The molecular formula is C24H27N5O5S. The third-order valence-corrected chi connectivity index (χ3v) is 7.14. The lowest BCUT2D eigenvalue weighted by Gasteiger charge is -2.27. The molecule has 2 aromatic carbocycles. The number of hydrogen-bond acceptors (Lipinski definition) is 8. The minimum absolute atomic E-state index is 0.138. The van der Waals surface area contributed by atoms with E-state index in [0.717, 1.165) is 4.31 Å². The molecule has 184 valence electrons. The Morgan fingerprint density at radius 3 is 2.74 bits per heavy atom. The second kappa shape index (κ2) is 10.5. The van der Waals surface area contributed by atoms with E-state index in [4.69, 9.17) is 14.9 Å². The number of pyridine rings is 1. The Morgan fingerprint density at radius 1 is 1.23 bits per heavy atom. The summed E-state index contributed by atoms with van der Waals surface area (Å²) < 4.78 is 40.3. The molecule has 0 bridgehead atoms. The number of nitrogens with zero attached hydrogens (tertiary/aromatic N) is 2. The Morgan fingerprint density at radius 2 is 2.03 bits per heavy atom. The van der Waals surface area contributed by atoms with Gasteiger partial charge < -0.3 is 20.2 Å². The number of rotatable bonds is 8. The summed E-state index contributed by atoms with van der Waals surface area (Å²) in [5, 5.41) is 11.9. The molecule has 0 spiro atoms. The first-order valence-electron chi connectivity index (χ1n) is 11.0. The summed E-state index contributed by atoms with van der Waals surface area (Å²) in [7, 11) is -0.706. The van der Waals surface area contributed by atoms with E-state index in [0.29, 0.717) is 52.6 Å². The van der Waals surface area contributed by atoms with Crippen molar-refractivity contribution < 1.29 is 17.9 Å². The van der Waals surface area contributed by atoms with E-state index < -0.39 is 10.2 Å². The number of anilines is 1. The van der Waals surface area contributed by atoms with Gasteiger partial charge in [0.05, 0.1) is 37.1 Å². The molecule has 1 atom stereocenters. The Balaban J connectivity index is 1.70. The number of ether oxygens (including phenoxy) is 2. The summed E-state index contributed by atoms with van der Waals surface area (Å²) in [5.41, 5.74) is 1.67. The fraction of sp³-hybridized carbons (Fsp3) is 0.292.